The number of hydrogen-bond donors (Lipinski definition) is 1. The lowest BCUT2D eigenvalue weighted by Crippen LogP contribution is -2.47. The monoisotopic (exact) mass is 264 g/mol. The molecule has 3 aliphatic rings. The quantitative estimate of drug-likeness (QED) is 0.839. The zero-order valence-corrected chi connectivity index (χ0v) is 13.1. The van der Waals surface area contributed by atoms with Crippen molar-refractivity contribution in [1.82, 2.24) is 10.2 Å². The minimum absolute atomic E-state index is 0.711. The molecule has 2 nitrogen and oxygen atoms in total. The standard InChI is InChI=1S/C17H32N2/c1-12(15-6-8-19(3)9-7-15)18-13(2)17-11-14-4-5-16(17)10-14/h12-18H,4-11H2,1-3H3. The highest BCUT2D eigenvalue weighted by Crippen LogP contribution is 2.49. The Balaban J connectivity index is 1.47. The maximum Gasteiger partial charge on any atom is 0.00723 e. The van der Waals surface area contributed by atoms with Crippen molar-refractivity contribution in [2.45, 2.75) is 64.5 Å². The number of hydrogen-bond acceptors (Lipinski definition) is 2. The summed E-state index contributed by atoms with van der Waals surface area (Å²) in [5.41, 5.74) is 0. The molecule has 0 aromatic heterocycles. The molecule has 1 saturated heterocycles. The van der Waals surface area contributed by atoms with Gasteiger partial charge in [-0.25, -0.2) is 0 Å². The van der Waals surface area contributed by atoms with Crippen LogP contribution in [0.1, 0.15) is 52.4 Å². The summed E-state index contributed by atoms with van der Waals surface area (Å²) in [4.78, 5) is 2.47. The van der Waals surface area contributed by atoms with Crippen LogP contribution in [0.3, 0.4) is 0 Å². The van der Waals surface area contributed by atoms with Crippen LogP contribution in [0.25, 0.3) is 0 Å². The van der Waals surface area contributed by atoms with Crippen molar-refractivity contribution >= 4 is 0 Å². The van der Waals surface area contributed by atoms with Gasteiger partial charge in [0.2, 0.25) is 0 Å². The Bertz CT molecular complexity index is 296. The average molecular weight is 264 g/mol. The van der Waals surface area contributed by atoms with Crippen LogP contribution in [0, 0.1) is 23.7 Å². The molecule has 0 spiro atoms. The van der Waals surface area contributed by atoms with Crippen molar-refractivity contribution in [3.8, 4) is 0 Å². The van der Waals surface area contributed by atoms with Gasteiger partial charge in [0.05, 0.1) is 0 Å². The van der Waals surface area contributed by atoms with E-state index in [9.17, 15) is 0 Å². The molecular weight excluding hydrogens is 232 g/mol. The smallest absolute Gasteiger partial charge is 0.00723 e. The van der Waals surface area contributed by atoms with Gasteiger partial charge in [-0.1, -0.05) is 6.42 Å². The normalized spacial score (nSPS) is 39.6. The summed E-state index contributed by atoms with van der Waals surface area (Å²) in [6.45, 7) is 7.47. The molecule has 19 heavy (non-hydrogen) atoms. The number of nitrogens with zero attached hydrogens (tertiary/aromatic N) is 1. The largest absolute Gasteiger partial charge is 0.311 e. The van der Waals surface area contributed by atoms with Crippen molar-refractivity contribution in [2.24, 2.45) is 23.7 Å². The van der Waals surface area contributed by atoms with E-state index >= 15 is 0 Å². The average Bonchev–Trinajstić information content (AvgIpc) is 3.01. The van der Waals surface area contributed by atoms with Gasteiger partial charge in [-0.15, -0.1) is 0 Å². The third-order valence-electron chi connectivity index (χ3n) is 6.43. The van der Waals surface area contributed by atoms with Crippen LogP contribution in [0.15, 0.2) is 0 Å². The van der Waals surface area contributed by atoms with E-state index in [1.165, 1.54) is 45.2 Å². The zero-order chi connectivity index (χ0) is 13.4. The fourth-order valence-electron chi connectivity index (χ4n) is 5.11. The van der Waals surface area contributed by atoms with Gasteiger partial charge in [-0.05, 0) is 89.8 Å². The van der Waals surface area contributed by atoms with Gasteiger partial charge < -0.3 is 10.2 Å². The Morgan fingerprint density at radius 1 is 0.947 bits per heavy atom. The molecule has 2 saturated carbocycles. The van der Waals surface area contributed by atoms with Crippen LogP contribution in [0.4, 0.5) is 0 Å². The number of rotatable bonds is 4. The van der Waals surface area contributed by atoms with Gasteiger partial charge >= 0.3 is 0 Å². The molecule has 2 aliphatic carbocycles. The first-order valence-electron chi connectivity index (χ1n) is 8.58. The lowest BCUT2D eigenvalue weighted by molar-refractivity contribution is 0.168. The third kappa shape index (κ3) is 3.00. The van der Waals surface area contributed by atoms with Crippen LogP contribution < -0.4 is 5.32 Å². The summed E-state index contributed by atoms with van der Waals surface area (Å²) in [6, 6.07) is 1.45. The zero-order valence-electron chi connectivity index (χ0n) is 13.1. The molecule has 2 bridgehead atoms. The molecule has 1 heterocycles. The predicted octanol–water partition coefficient (Wildman–Crippen LogP) is 3.13. The number of fused-ring (bicyclic) bond motifs is 2. The Hall–Kier alpha value is -0.0800. The molecule has 2 heteroatoms. The van der Waals surface area contributed by atoms with Gasteiger partial charge in [0.1, 0.15) is 0 Å². The Kier molecular flexibility index (Phi) is 4.19. The minimum atomic E-state index is 0.711. The first-order chi connectivity index (χ1) is 9.13. The summed E-state index contributed by atoms with van der Waals surface area (Å²) >= 11 is 0. The Morgan fingerprint density at radius 2 is 1.68 bits per heavy atom. The van der Waals surface area contributed by atoms with Gasteiger partial charge in [0.15, 0.2) is 0 Å². The number of piperidine rings is 1. The van der Waals surface area contributed by atoms with Crippen molar-refractivity contribution in [3.63, 3.8) is 0 Å². The topological polar surface area (TPSA) is 15.3 Å². The Morgan fingerprint density at radius 3 is 2.26 bits per heavy atom. The maximum absolute atomic E-state index is 3.97. The summed E-state index contributed by atoms with van der Waals surface area (Å²) in [5.74, 6) is 4.01. The highest BCUT2D eigenvalue weighted by Gasteiger charge is 2.42. The van der Waals surface area contributed by atoms with E-state index in [2.05, 4.69) is 31.1 Å². The van der Waals surface area contributed by atoms with Gasteiger partial charge in [-0.2, -0.15) is 0 Å². The number of nitrogens with one attached hydrogen (secondary N) is 1. The highest BCUT2D eigenvalue weighted by molar-refractivity contribution is 4.95. The first-order valence-corrected chi connectivity index (χ1v) is 8.58. The van der Waals surface area contributed by atoms with E-state index in [0.29, 0.717) is 6.04 Å². The fraction of sp³-hybridized carbons (Fsp3) is 1.00. The third-order valence-corrected chi connectivity index (χ3v) is 6.43. The second-order valence-electron chi connectivity index (χ2n) is 7.72. The molecule has 0 aromatic rings. The molecule has 5 atom stereocenters. The lowest BCUT2D eigenvalue weighted by Gasteiger charge is -2.37. The first kappa shape index (κ1) is 13.9. The molecule has 110 valence electrons. The maximum atomic E-state index is 3.97. The molecule has 3 rings (SSSR count). The molecule has 5 unspecified atom stereocenters. The Labute approximate surface area is 119 Å². The molecular formula is C17H32N2. The summed E-state index contributed by atoms with van der Waals surface area (Å²) in [5, 5.41) is 3.97. The van der Waals surface area contributed by atoms with E-state index in [1.807, 2.05) is 0 Å². The van der Waals surface area contributed by atoms with E-state index in [-0.39, 0.29) is 0 Å². The van der Waals surface area contributed by atoms with Crippen molar-refractivity contribution in [1.29, 1.82) is 0 Å². The SMILES string of the molecule is CC(NC(C)C1CC2CCC1C2)C1CCN(C)CC1. The number of likely N-dealkylation sites (tertiary alicyclic amines) is 1. The van der Waals surface area contributed by atoms with E-state index in [1.54, 1.807) is 6.42 Å². The second-order valence-corrected chi connectivity index (χ2v) is 7.72. The van der Waals surface area contributed by atoms with Gasteiger partial charge in [-0.3, -0.25) is 0 Å². The van der Waals surface area contributed by atoms with Gasteiger partial charge in [0.25, 0.3) is 0 Å². The fourth-order valence-corrected chi connectivity index (χ4v) is 5.11. The van der Waals surface area contributed by atoms with Crippen LogP contribution in [-0.4, -0.2) is 37.1 Å². The van der Waals surface area contributed by atoms with Crippen LogP contribution in [0.2, 0.25) is 0 Å². The van der Waals surface area contributed by atoms with E-state index < -0.39 is 0 Å². The van der Waals surface area contributed by atoms with Crippen molar-refractivity contribution in [2.75, 3.05) is 20.1 Å². The molecule has 0 aromatic carbocycles. The van der Waals surface area contributed by atoms with Gasteiger partial charge in [0, 0.05) is 12.1 Å². The van der Waals surface area contributed by atoms with E-state index in [0.717, 1.165) is 29.7 Å². The molecule has 0 amide bonds. The second kappa shape index (κ2) is 5.73. The van der Waals surface area contributed by atoms with Crippen molar-refractivity contribution < 1.29 is 0 Å². The van der Waals surface area contributed by atoms with Crippen molar-refractivity contribution in [3.05, 3.63) is 0 Å². The summed E-state index contributed by atoms with van der Waals surface area (Å²) < 4.78 is 0. The molecule has 3 fully saturated rings. The van der Waals surface area contributed by atoms with Crippen LogP contribution in [-0.2, 0) is 0 Å². The van der Waals surface area contributed by atoms with Crippen LogP contribution >= 0.6 is 0 Å². The minimum Gasteiger partial charge on any atom is -0.311 e. The summed E-state index contributed by atoms with van der Waals surface area (Å²) in [7, 11) is 2.26. The lowest BCUT2D eigenvalue weighted by atomic mass is 9.82. The predicted molar refractivity (Wildman–Crippen MR) is 81.2 cm³/mol. The van der Waals surface area contributed by atoms with E-state index in [4.69, 9.17) is 0 Å². The molecule has 1 N–H and O–H groups in total. The summed E-state index contributed by atoms with van der Waals surface area (Å²) in [6.07, 6.45) is 8.86. The molecule has 0 radical (unpaired) electrons. The van der Waals surface area contributed by atoms with Crippen LogP contribution in [0.5, 0.6) is 0 Å². The molecule has 1 aliphatic heterocycles. The highest BCUT2D eigenvalue weighted by atomic mass is 15.1.